The van der Waals surface area contributed by atoms with Crippen LogP contribution < -0.4 is 4.74 Å². The molecule has 1 saturated heterocycles. The summed E-state index contributed by atoms with van der Waals surface area (Å²) in [6, 6.07) is 9.78. The number of carbonyl (C=O) groups is 1. The molecule has 1 aromatic carbocycles. The molecule has 1 aromatic rings. The Morgan fingerprint density at radius 1 is 1.33 bits per heavy atom. The Morgan fingerprint density at radius 3 is 2.61 bits per heavy atom. The van der Waals surface area contributed by atoms with Crippen molar-refractivity contribution in [3.63, 3.8) is 0 Å². The molecule has 0 radical (unpaired) electrons. The number of rotatable bonds is 3. The second-order valence-corrected chi connectivity index (χ2v) is 4.03. The van der Waals surface area contributed by atoms with Gasteiger partial charge in [-0.05, 0) is 12.1 Å². The number of carbonyl (C=O) groups excluding carboxylic acids is 1. The molecule has 3 heteroatoms. The van der Waals surface area contributed by atoms with Gasteiger partial charge in [-0.1, -0.05) is 39.0 Å². The van der Waals surface area contributed by atoms with E-state index in [2.05, 4.69) is 0 Å². The third-order valence-electron chi connectivity index (χ3n) is 2.85. The molecular formula is C15H23NO2. The predicted molar refractivity (Wildman–Crippen MR) is 73.7 cm³/mol. The van der Waals surface area contributed by atoms with E-state index in [9.17, 15) is 4.79 Å². The van der Waals surface area contributed by atoms with Gasteiger partial charge in [-0.25, -0.2) is 0 Å². The van der Waals surface area contributed by atoms with Gasteiger partial charge in [-0.3, -0.25) is 4.79 Å². The number of nitrogens with zero attached hydrogens (tertiary/aromatic N) is 1. The van der Waals surface area contributed by atoms with Gasteiger partial charge in [0.25, 0.3) is 0 Å². The van der Waals surface area contributed by atoms with Crippen molar-refractivity contribution in [2.45, 2.75) is 39.7 Å². The third kappa shape index (κ3) is 4.06. The number of ether oxygens (including phenoxy) is 1. The van der Waals surface area contributed by atoms with Crippen LogP contribution in [0.15, 0.2) is 30.3 Å². The summed E-state index contributed by atoms with van der Waals surface area (Å²) in [5, 5.41) is 0. The summed E-state index contributed by atoms with van der Waals surface area (Å²) in [7, 11) is 0. The molecule has 1 amide bonds. The second-order valence-electron chi connectivity index (χ2n) is 4.03. The largest absolute Gasteiger partial charge is 0.489 e. The minimum absolute atomic E-state index is 0.151. The van der Waals surface area contributed by atoms with Gasteiger partial charge in [-0.2, -0.15) is 0 Å². The van der Waals surface area contributed by atoms with Gasteiger partial charge in [0.2, 0.25) is 5.91 Å². The van der Waals surface area contributed by atoms with Crippen molar-refractivity contribution in [3.8, 4) is 5.75 Å². The molecule has 1 atom stereocenters. The molecule has 0 saturated carbocycles. The first-order valence-corrected chi connectivity index (χ1v) is 6.79. The molecule has 2 rings (SSSR count). The van der Waals surface area contributed by atoms with Crippen molar-refractivity contribution in [2.75, 3.05) is 13.1 Å². The lowest BCUT2D eigenvalue weighted by Crippen LogP contribution is -2.30. The van der Waals surface area contributed by atoms with Crippen molar-refractivity contribution in [2.24, 2.45) is 0 Å². The number of para-hydroxylation sites is 1. The maximum atomic E-state index is 11.5. The van der Waals surface area contributed by atoms with Crippen molar-refractivity contribution in [3.05, 3.63) is 30.3 Å². The van der Waals surface area contributed by atoms with Crippen LogP contribution in [0.4, 0.5) is 0 Å². The Hall–Kier alpha value is -1.51. The van der Waals surface area contributed by atoms with Gasteiger partial charge < -0.3 is 9.64 Å². The first-order chi connectivity index (χ1) is 8.79. The molecule has 1 fully saturated rings. The normalized spacial score (nSPS) is 17.9. The zero-order chi connectivity index (χ0) is 13.4. The zero-order valence-corrected chi connectivity index (χ0v) is 11.6. The molecule has 1 aliphatic heterocycles. The molecule has 0 bridgehead atoms. The van der Waals surface area contributed by atoms with Gasteiger partial charge in [0.05, 0.1) is 6.54 Å². The lowest BCUT2D eigenvalue weighted by atomic mass is 10.3. The van der Waals surface area contributed by atoms with Crippen molar-refractivity contribution in [1.82, 2.24) is 4.90 Å². The van der Waals surface area contributed by atoms with E-state index in [1.807, 2.05) is 56.0 Å². The van der Waals surface area contributed by atoms with Crippen LogP contribution in [-0.2, 0) is 4.79 Å². The number of hydrogen-bond acceptors (Lipinski definition) is 2. The highest BCUT2D eigenvalue weighted by Crippen LogP contribution is 2.18. The van der Waals surface area contributed by atoms with Crippen LogP contribution in [0.5, 0.6) is 5.75 Å². The smallest absolute Gasteiger partial charge is 0.222 e. The Bertz CT molecular complexity index is 351. The summed E-state index contributed by atoms with van der Waals surface area (Å²) in [6.07, 6.45) is 1.66. The van der Waals surface area contributed by atoms with E-state index in [-0.39, 0.29) is 12.0 Å². The Balaban J connectivity index is 0.000000771. The van der Waals surface area contributed by atoms with Gasteiger partial charge >= 0.3 is 0 Å². The summed E-state index contributed by atoms with van der Waals surface area (Å²) >= 11 is 0. The van der Waals surface area contributed by atoms with Crippen LogP contribution in [0.1, 0.15) is 33.6 Å². The Kier molecular flexibility index (Phi) is 6.26. The van der Waals surface area contributed by atoms with E-state index in [0.29, 0.717) is 6.42 Å². The molecule has 3 nitrogen and oxygen atoms in total. The van der Waals surface area contributed by atoms with Crippen LogP contribution in [-0.4, -0.2) is 30.0 Å². The molecule has 0 N–H and O–H groups in total. The molecule has 0 aliphatic carbocycles. The molecule has 1 aliphatic rings. The van der Waals surface area contributed by atoms with Crippen LogP contribution in [0, 0.1) is 0 Å². The highest BCUT2D eigenvalue weighted by Gasteiger charge is 2.26. The van der Waals surface area contributed by atoms with Crippen molar-refractivity contribution < 1.29 is 9.53 Å². The van der Waals surface area contributed by atoms with Crippen LogP contribution >= 0.6 is 0 Å². The minimum Gasteiger partial charge on any atom is -0.489 e. The Morgan fingerprint density at radius 2 is 2.00 bits per heavy atom. The highest BCUT2D eigenvalue weighted by atomic mass is 16.5. The maximum absolute atomic E-state index is 11.5. The highest BCUT2D eigenvalue weighted by molar-refractivity contribution is 5.76. The van der Waals surface area contributed by atoms with E-state index in [0.717, 1.165) is 25.3 Å². The van der Waals surface area contributed by atoms with E-state index in [4.69, 9.17) is 4.74 Å². The summed E-state index contributed by atoms with van der Waals surface area (Å²) < 4.78 is 5.81. The fourth-order valence-electron chi connectivity index (χ4n) is 1.97. The lowest BCUT2D eigenvalue weighted by Gasteiger charge is -2.16. The maximum Gasteiger partial charge on any atom is 0.222 e. The fraction of sp³-hybridized carbons (Fsp3) is 0.533. The summed E-state index contributed by atoms with van der Waals surface area (Å²) in [4.78, 5) is 13.4. The lowest BCUT2D eigenvalue weighted by molar-refractivity contribution is -0.130. The molecule has 0 spiro atoms. The monoisotopic (exact) mass is 249 g/mol. The van der Waals surface area contributed by atoms with Crippen LogP contribution in [0.2, 0.25) is 0 Å². The molecule has 0 aromatic heterocycles. The molecule has 100 valence electrons. The molecule has 18 heavy (non-hydrogen) atoms. The fourth-order valence-corrected chi connectivity index (χ4v) is 1.97. The van der Waals surface area contributed by atoms with Crippen LogP contribution in [0.25, 0.3) is 0 Å². The number of likely N-dealkylation sites (tertiary alicyclic amines) is 1. The van der Waals surface area contributed by atoms with Crippen molar-refractivity contribution in [1.29, 1.82) is 0 Å². The first-order valence-electron chi connectivity index (χ1n) is 6.79. The standard InChI is InChI=1S/C13H17NO2.C2H6/c1-2-13(15)14-9-8-12(10-14)16-11-6-4-3-5-7-11;1-2/h3-7,12H,2,8-10H2,1H3;1-2H3. The molecule has 1 heterocycles. The number of hydrogen-bond donors (Lipinski definition) is 0. The van der Waals surface area contributed by atoms with Gasteiger partial charge in [0.15, 0.2) is 0 Å². The Labute approximate surface area is 110 Å². The molecule has 1 unspecified atom stereocenters. The van der Waals surface area contributed by atoms with E-state index in [1.54, 1.807) is 0 Å². The average molecular weight is 249 g/mol. The predicted octanol–water partition coefficient (Wildman–Crippen LogP) is 3.10. The number of benzene rings is 1. The van der Waals surface area contributed by atoms with Gasteiger partial charge in [-0.15, -0.1) is 0 Å². The van der Waals surface area contributed by atoms with E-state index < -0.39 is 0 Å². The van der Waals surface area contributed by atoms with Crippen molar-refractivity contribution >= 4 is 5.91 Å². The van der Waals surface area contributed by atoms with Crippen LogP contribution in [0.3, 0.4) is 0 Å². The topological polar surface area (TPSA) is 29.5 Å². The second kappa shape index (κ2) is 7.75. The molecular weight excluding hydrogens is 226 g/mol. The van der Waals surface area contributed by atoms with Gasteiger partial charge in [0, 0.05) is 19.4 Å². The average Bonchev–Trinajstić information content (AvgIpc) is 2.90. The van der Waals surface area contributed by atoms with Gasteiger partial charge in [0.1, 0.15) is 11.9 Å². The summed E-state index contributed by atoms with van der Waals surface area (Å²) in [6.45, 7) is 7.44. The SMILES string of the molecule is CC.CCC(=O)N1CCC(Oc2ccccc2)C1. The number of amides is 1. The summed E-state index contributed by atoms with van der Waals surface area (Å²) in [5.41, 5.74) is 0. The third-order valence-corrected chi connectivity index (χ3v) is 2.85. The quantitative estimate of drug-likeness (QED) is 0.823. The minimum atomic E-state index is 0.151. The van der Waals surface area contributed by atoms with E-state index >= 15 is 0 Å². The first kappa shape index (κ1) is 14.6. The zero-order valence-electron chi connectivity index (χ0n) is 11.6. The summed E-state index contributed by atoms with van der Waals surface area (Å²) in [5.74, 6) is 1.11. The van der Waals surface area contributed by atoms with E-state index in [1.165, 1.54) is 0 Å².